The highest BCUT2D eigenvalue weighted by Crippen LogP contribution is 2.15. The molecule has 0 aliphatic heterocycles. The summed E-state index contributed by atoms with van der Waals surface area (Å²) in [4.78, 5) is 24.5. The van der Waals surface area contributed by atoms with E-state index >= 15 is 0 Å². The van der Waals surface area contributed by atoms with Gasteiger partial charge in [-0.3, -0.25) is 9.59 Å². The van der Waals surface area contributed by atoms with Crippen molar-refractivity contribution in [1.29, 1.82) is 0 Å². The number of carbonyl (C=O) groups is 2. The second-order valence-electron chi connectivity index (χ2n) is 17.8. The molecule has 0 spiro atoms. The number of hydrogen-bond donors (Lipinski definition) is 3. The van der Waals surface area contributed by atoms with Gasteiger partial charge in [0.05, 0.1) is 25.4 Å². The molecule has 0 fully saturated rings. The molecule has 61 heavy (non-hydrogen) atoms. The van der Waals surface area contributed by atoms with Gasteiger partial charge in [0.1, 0.15) is 0 Å². The lowest BCUT2D eigenvalue weighted by Crippen LogP contribution is -2.45. The Hall–Kier alpha value is -2.18. The topological polar surface area (TPSA) is 95.9 Å². The van der Waals surface area contributed by atoms with Crippen LogP contribution in [0.15, 0.2) is 48.6 Å². The van der Waals surface area contributed by atoms with E-state index in [1.165, 1.54) is 148 Å². The molecule has 1 amide bonds. The molecule has 6 heteroatoms. The number of rotatable bonds is 48. The molecule has 6 nitrogen and oxygen atoms in total. The second kappa shape index (κ2) is 50.5. The van der Waals surface area contributed by atoms with Gasteiger partial charge in [-0.25, -0.2) is 0 Å². The van der Waals surface area contributed by atoms with Crippen LogP contribution in [0.2, 0.25) is 0 Å². The molecule has 0 saturated carbocycles. The van der Waals surface area contributed by atoms with E-state index in [-0.39, 0.29) is 18.5 Å². The van der Waals surface area contributed by atoms with Crippen molar-refractivity contribution in [1.82, 2.24) is 5.32 Å². The standard InChI is InChI=1S/C55H101NO5/c1-3-5-7-9-11-13-15-17-19-20-21-22-24-29-33-37-41-45-49-55(60)61-50-46-42-38-34-30-26-25-28-32-36-40-44-48-54(59)56-52(51-57)53(58)47-43-39-35-31-27-23-18-16-14-12-10-8-6-4-2/h13,15,19-20,26,30,43,47,52-53,57-58H,3-12,14,16-18,21-25,27-29,31-42,44-46,48-51H2,1-2H3,(H,56,59)/b15-13-,20-19-,30-26-,47-43+. The molecule has 0 aliphatic rings. The Balaban J connectivity index is 3.54. The van der Waals surface area contributed by atoms with Gasteiger partial charge < -0.3 is 20.3 Å². The van der Waals surface area contributed by atoms with Crippen LogP contribution in [0.1, 0.15) is 264 Å². The van der Waals surface area contributed by atoms with Crippen molar-refractivity contribution in [3.8, 4) is 0 Å². The molecule has 0 aromatic heterocycles. The van der Waals surface area contributed by atoms with Crippen molar-refractivity contribution in [3.63, 3.8) is 0 Å². The van der Waals surface area contributed by atoms with Gasteiger partial charge in [-0.15, -0.1) is 0 Å². The number of amides is 1. The number of aliphatic hydroxyl groups excluding tert-OH is 2. The highest BCUT2D eigenvalue weighted by molar-refractivity contribution is 5.76. The molecular weight excluding hydrogens is 755 g/mol. The van der Waals surface area contributed by atoms with Gasteiger partial charge in [-0.2, -0.15) is 0 Å². The summed E-state index contributed by atoms with van der Waals surface area (Å²) >= 11 is 0. The smallest absolute Gasteiger partial charge is 0.305 e. The van der Waals surface area contributed by atoms with Crippen LogP contribution in [0.4, 0.5) is 0 Å². The lowest BCUT2D eigenvalue weighted by atomic mass is 10.0. The number of unbranched alkanes of at least 4 members (excludes halogenated alkanes) is 31. The number of allylic oxidation sites excluding steroid dienone is 7. The van der Waals surface area contributed by atoms with Crippen molar-refractivity contribution in [2.24, 2.45) is 0 Å². The number of aliphatic hydroxyl groups is 2. The number of hydrogen-bond acceptors (Lipinski definition) is 5. The first-order chi connectivity index (χ1) is 30.0. The van der Waals surface area contributed by atoms with E-state index in [0.717, 1.165) is 89.9 Å². The molecule has 0 saturated heterocycles. The van der Waals surface area contributed by atoms with Gasteiger partial charge in [0.2, 0.25) is 5.91 Å². The van der Waals surface area contributed by atoms with Crippen LogP contribution in [0.3, 0.4) is 0 Å². The predicted molar refractivity (Wildman–Crippen MR) is 264 cm³/mol. The zero-order valence-electron chi connectivity index (χ0n) is 40.4. The molecule has 356 valence electrons. The lowest BCUT2D eigenvalue weighted by Gasteiger charge is -2.20. The summed E-state index contributed by atoms with van der Waals surface area (Å²) in [5.41, 5.74) is 0. The average molecular weight is 856 g/mol. The lowest BCUT2D eigenvalue weighted by molar-refractivity contribution is -0.143. The maximum atomic E-state index is 12.4. The Morgan fingerprint density at radius 1 is 0.459 bits per heavy atom. The van der Waals surface area contributed by atoms with E-state index in [9.17, 15) is 19.8 Å². The Morgan fingerprint density at radius 2 is 0.820 bits per heavy atom. The van der Waals surface area contributed by atoms with Gasteiger partial charge in [-0.05, 0) is 96.3 Å². The first-order valence-electron chi connectivity index (χ1n) is 26.4. The summed E-state index contributed by atoms with van der Waals surface area (Å²) in [6.45, 7) is 4.81. The van der Waals surface area contributed by atoms with Crippen LogP contribution in [-0.2, 0) is 14.3 Å². The van der Waals surface area contributed by atoms with Gasteiger partial charge in [-0.1, -0.05) is 204 Å². The van der Waals surface area contributed by atoms with Crippen LogP contribution in [0.5, 0.6) is 0 Å². The van der Waals surface area contributed by atoms with Crippen LogP contribution in [-0.4, -0.2) is 47.4 Å². The second-order valence-corrected chi connectivity index (χ2v) is 17.8. The molecule has 2 unspecified atom stereocenters. The Kier molecular flexibility index (Phi) is 48.7. The number of ether oxygens (including phenoxy) is 1. The van der Waals surface area contributed by atoms with E-state index < -0.39 is 12.1 Å². The minimum atomic E-state index is -0.861. The van der Waals surface area contributed by atoms with Crippen molar-refractivity contribution < 1.29 is 24.5 Å². The third-order valence-electron chi connectivity index (χ3n) is 11.8. The normalized spacial score (nSPS) is 13.0. The summed E-state index contributed by atoms with van der Waals surface area (Å²) in [6.07, 6.45) is 62.5. The van der Waals surface area contributed by atoms with Crippen molar-refractivity contribution in [3.05, 3.63) is 48.6 Å². The van der Waals surface area contributed by atoms with E-state index in [0.29, 0.717) is 19.4 Å². The fraction of sp³-hybridized carbons (Fsp3) is 0.818. The summed E-state index contributed by atoms with van der Waals surface area (Å²) in [5, 5.41) is 23.0. The molecule has 0 aromatic rings. The first kappa shape index (κ1) is 58.8. The SMILES string of the molecule is CCCCCC/C=C\C/C=C\CCCCCCCCCC(=O)OCCCCC/C=C\CCCCCCCC(=O)NC(CO)C(O)/C=C/CCCCCCCCCCCCCC. The van der Waals surface area contributed by atoms with Crippen molar-refractivity contribution in [2.75, 3.05) is 13.2 Å². The number of esters is 1. The first-order valence-corrected chi connectivity index (χ1v) is 26.4. The maximum absolute atomic E-state index is 12.4. The predicted octanol–water partition coefficient (Wildman–Crippen LogP) is 15.8. The third kappa shape index (κ3) is 47.1. The molecule has 0 aliphatic carbocycles. The summed E-state index contributed by atoms with van der Waals surface area (Å²) in [5.74, 6) is -0.128. The van der Waals surface area contributed by atoms with Crippen LogP contribution >= 0.6 is 0 Å². The largest absolute Gasteiger partial charge is 0.466 e. The Morgan fingerprint density at radius 3 is 1.28 bits per heavy atom. The van der Waals surface area contributed by atoms with Crippen molar-refractivity contribution >= 4 is 11.9 Å². The van der Waals surface area contributed by atoms with E-state index in [2.05, 4.69) is 55.6 Å². The van der Waals surface area contributed by atoms with Crippen LogP contribution in [0, 0.1) is 0 Å². The van der Waals surface area contributed by atoms with Gasteiger partial charge in [0.15, 0.2) is 0 Å². The zero-order valence-corrected chi connectivity index (χ0v) is 40.4. The third-order valence-corrected chi connectivity index (χ3v) is 11.8. The zero-order chi connectivity index (χ0) is 44.4. The fourth-order valence-corrected chi connectivity index (χ4v) is 7.71. The highest BCUT2D eigenvalue weighted by atomic mass is 16.5. The van der Waals surface area contributed by atoms with E-state index in [4.69, 9.17) is 4.74 Å². The molecule has 0 radical (unpaired) electrons. The summed E-state index contributed by atoms with van der Waals surface area (Å²) < 4.78 is 5.45. The molecule has 0 heterocycles. The molecule has 0 bridgehead atoms. The average Bonchev–Trinajstić information content (AvgIpc) is 3.26. The fourth-order valence-electron chi connectivity index (χ4n) is 7.71. The summed E-state index contributed by atoms with van der Waals surface area (Å²) in [7, 11) is 0. The molecule has 3 N–H and O–H groups in total. The Bertz CT molecular complexity index is 1040. The van der Waals surface area contributed by atoms with Crippen molar-refractivity contribution in [2.45, 2.75) is 276 Å². The van der Waals surface area contributed by atoms with E-state index in [1.807, 2.05) is 6.08 Å². The highest BCUT2D eigenvalue weighted by Gasteiger charge is 2.18. The van der Waals surface area contributed by atoms with Crippen LogP contribution in [0.25, 0.3) is 0 Å². The van der Waals surface area contributed by atoms with Gasteiger partial charge >= 0.3 is 5.97 Å². The monoisotopic (exact) mass is 856 g/mol. The number of carbonyl (C=O) groups excluding carboxylic acids is 2. The van der Waals surface area contributed by atoms with Gasteiger partial charge in [0, 0.05) is 12.8 Å². The minimum Gasteiger partial charge on any atom is -0.466 e. The maximum Gasteiger partial charge on any atom is 0.305 e. The number of nitrogens with one attached hydrogen (secondary N) is 1. The quantitative estimate of drug-likeness (QED) is 0.0322. The minimum absolute atomic E-state index is 0.0325. The van der Waals surface area contributed by atoms with E-state index in [1.54, 1.807) is 6.08 Å². The molecule has 0 aromatic carbocycles. The van der Waals surface area contributed by atoms with Crippen LogP contribution < -0.4 is 5.32 Å². The van der Waals surface area contributed by atoms with Gasteiger partial charge in [0.25, 0.3) is 0 Å². The summed E-state index contributed by atoms with van der Waals surface area (Å²) in [6, 6.07) is -0.647. The molecular formula is C55H101NO5. The Labute approximate surface area is 378 Å². The molecule has 0 rings (SSSR count). The molecule has 2 atom stereocenters.